The largest absolute Gasteiger partial charge is 0.457 e. The van der Waals surface area contributed by atoms with Crippen LogP contribution >= 0.6 is 11.8 Å². The summed E-state index contributed by atoms with van der Waals surface area (Å²) in [4.78, 5) is 63.4. The molecule has 54 heavy (non-hydrogen) atoms. The Bertz CT molecular complexity index is 2220. The molecule has 276 valence electrons. The fourth-order valence-corrected chi connectivity index (χ4v) is 8.22. The number of carbonyl (C=O) groups excluding carboxylic acids is 4. The molecule has 1 unspecified atom stereocenters. The molecule has 3 aliphatic heterocycles. The Morgan fingerprint density at radius 2 is 1.70 bits per heavy atom. The highest BCUT2D eigenvalue weighted by molar-refractivity contribution is 7.99. The SMILES string of the molecule is Nc1ncnc2c1c(-c1ccc(Oc3ccccc3)cc1)nn2C1CCN(C(=O)COCCSc2cccc3c2CN(C2CCC(=O)NC2=O)C3=O)CC1. The number of para-hydroxylation sites is 1. The van der Waals surface area contributed by atoms with E-state index in [0.29, 0.717) is 85.1 Å². The zero-order valence-electron chi connectivity index (χ0n) is 29.3. The molecule has 4 amide bonds. The number of ether oxygens (including phenoxy) is 2. The van der Waals surface area contributed by atoms with Crippen LogP contribution in [-0.4, -0.2) is 91.3 Å². The van der Waals surface area contributed by atoms with Crippen molar-refractivity contribution in [2.24, 2.45) is 0 Å². The molecule has 0 spiro atoms. The second-order valence-corrected chi connectivity index (χ2v) is 14.5. The van der Waals surface area contributed by atoms with Gasteiger partial charge in [0.1, 0.15) is 42.0 Å². The van der Waals surface area contributed by atoms with Crippen molar-refractivity contribution in [2.75, 3.05) is 37.8 Å². The van der Waals surface area contributed by atoms with E-state index in [0.717, 1.165) is 21.8 Å². The van der Waals surface area contributed by atoms with Crippen molar-refractivity contribution in [3.05, 3.63) is 90.3 Å². The van der Waals surface area contributed by atoms with E-state index in [1.165, 1.54) is 6.33 Å². The number of anilines is 1. The standard InChI is InChI=1S/C39H38N8O6S/c40-36-34-35(24-9-11-27(12-10-24)53-26-5-2-1-3-6-26)44-47(37(34)42-23-41-36)25-15-17-45(18-16-25)33(49)22-52-19-20-54-31-8-4-7-28-29(31)21-46(39(28)51)30-13-14-32(48)43-38(30)50/h1-12,23,25,30H,13-22H2,(H2,40,41,42)(H,43,48,50). The predicted octanol–water partition coefficient (Wildman–Crippen LogP) is 4.60. The molecule has 0 radical (unpaired) electrons. The summed E-state index contributed by atoms with van der Waals surface area (Å²) in [7, 11) is 0. The Labute approximate surface area is 315 Å². The van der Waals surface area contributed by atoms with E-state index in [2.05, 4.69) is 15.3 Å². The molecule has 1 atom stereocenters. The number of rotatable bonds is 11. The number of nitrogens with zero attached hydrogens (tertiary/aromatic N) is 6. The van der Waals surface area contributed by atoms with Gasteiger partial charge in [-0.2, -0.15) is 5.10 Å². The first-order valence-corrected chi connectivity index (χ1v) is 18.9. The van der Waals surface area contributed by atoms with E-state index >= 15 is 0 Å². The number of nitrogens with two attached hydrogens (primary N) is 1. The Morgan fingerprint density at radius 1 is 0.926 bits per heavy atom. The first-order chi connectivity index (χ1) is 26.3. The molecule has 2 saturated heterocycles. The van der Waals surface area contributed by atoms with E-state index in [4.69, 9.17) is 20.3 Å². The van der Waals surface area contributed by atoms with Crippen LogP contribution in [0, 0.1) is 0 Å². The molecule has 2 fully saturated rings. The lowest BCUT2D eigenvalue weighted by molar-refractivity contribution is -0.138. The predicted molar refractivity (Wildman–Crippen MR) is 201 cm³/mol. The van der Waals surface area contributed by atoms with E-state index in [9.17, 15) is 19.2 Å². The minimum atomic E-state index is -0.659. The van der Waals surface area contributed by atoms with Gasteiger partial charge in [-0.05, 0) is 73.4 Å². The van der Waals surface area contributed by atoms with Gasteiger partial charge in [0.25, 0.3) is 5.91 Å². The summed E-state index contributed by atoms with van der Waals surface area (Å²) in [6.45, 7) is 1.75. The number of nitrogens with one attached hydrogen (secondary N) is 1. The molecule has 14 nitrogen and oxygen atoms in total. The number of nitrogen functional groups attached to an aromatic ring is 1. The maximum Gasteiger partial charge on any atom is 0.255 e. The van der Waals surface area contributed by atoms with Crippen LogP contribution in [0.1, 0.15) is 47.6 Å². The number of amides is 4. The minimum Gasteiger partial charge on any atom is -0.457 e. The van der Waals surface area contributed by atoms with Crippen molar-refractivity contribution in [3.8, 4) is 22.8 Å². The van der Waals surface area contributed by atoms with Crippen LogP contribution in [0.15, 0.2) is 84.0 Å². The molecular weight excluding hydrogens is 709 g/mol. The Morgan fingerprint density at radius 3 is 2.48 bits per heavy atom. The second kappa shape index (κ2) is 15.3. The number of hydrogen-bond acceptors (Lipinski definition) is 11. The third-order valence-corrected chi connectivity index (χ3v) is 11.1. The molecule has 15 heteroatoms. The summed E-state index contributed by atoms with van der Waals surface area (Å²) in [5, 5.41) is 8.03. The molecule has 3 aliphatic rings. The normalized spacial score (nSPS) is 17.6. The van der Waals surface area contributed by atoms with Crippen molar-refractivity contribution in [1.29, 1.82) is 0 Å². The number of carbonyl (C=O) groups is 4. The lowest BCUT2D eigenvalue weighted by Gasteiger charge is -2.32. The zero-order valence-corrected chi connectivity index (χ0v) is 30.2. The highest BCUT2D eigenvalue weighted by Crippen LogP contribution is 2.36. The smallest absolute Gasteiger partial charge is 0.255 e. The summed E-state index contributed by atoms with van der Waals surface area (Å²) >= 11 is 1.55. The molecule has 8 rings (SSSR count). The van der Waals surface area contributed by atoms with Crippen LogP contribution in [0.2, 0.25) is 0 Å². The van der Waals surface area contributed by atoms with Gasteiger partial charge in [0.15, 0.2) is 5.65 Å². The molecular formula is C39H38N8O6S. The van der Waals surface area contributed by atoms with Crippen LogP contribution in [-0.2, 0) is 25.7 Å². The molecule has 2 aromatic heterocycles. The summed E-state index contributed by atoms with van der Waals surface area (Å²) < 4.78 is 13.7. The Balaban J connectivity index is 0.835. The maximum absolute atomic E-state index is 13.1. The van der Waals surface area contributed by atoms with Gasteiger partial charge < -0.3 is 25.0 Å². The molecule has 5 aromatic rings. The van der Waals surface area contributed by atoms with Crippen molar-refractivity contribution in [1.82, 2.24) is 34.9 Å². The van der Waals surface area contributed by atoms with Crippen molar-refractivity contribution >= 4 is 52.2 Å². The van der Waals surface area contributed by atoms with Gasteiger partial charge in [0.2, 0.25) is 17.7 Å². The first kappa shape index (κ1) is 35.2. The molecule has 0 saturated carbocycles. The maximum atomic E-state index is 13.1. The van der Waals surface area contributed by atoms with Crippen LogP contribution in [0.5, 0.6) is 11.5 Å². The number of aromatic nitrogens is 4. The molecule has 0 bridgehead atoms. The summed E-state index contributed by atoms with van der Waals surface area (Å²) in [5.74, 6) is 1.38. The highest BCUT2D eigenvalue weighted by atomic mass is 32.2. The van der Waals surface area contributed by atoms with Gasteiger partial charge in [-0.1, -0.05) is 24.3 Å². The van der Waals surface area contributed by atoms with E-state index in [1.54, 1.807) is 22.7 Å². The number of thioether (sulfide) groups is 1. The number of fused-ring (bicyclic) bond motifs is 2. The van der Waals surface area contributed by atoms with E-state index < -0.39 is 11.9 Å². The first-order valence-electron chi connectivity index (χ1n) is 17.9. The Kier molecular flexibility index (Phi) is 9.97. The Hall–Kier alpha value is -5.80. The third-order valence-electron chi connectivity index (χ3n) is 10.0. The molecule has 5 heterocycles. The topological polar surface area (TPSA) is 175 Å². The van der Waals surface area contributed by atoms with Crippen LogP contribution in [0.3, 0.4) is 0 Å². The van der Waals surface area contributed by atoms with Crippen LogP contribution in [0.25, 0.3) is 22.3 Å². The lowest BCUT2D eigenvalue weighted by Crippen LogP contribution is -2.52. The summed E-state index contributed by atoms with van der Waals surface area (Å²) in [6.07, 6.45) is 3.37. The van der Waals surface area contributed by atoms with Crippen molar-refractivity contribution < 1.29 is 28.7 Å². The van der Waals surface area contributed by atoms with E-state index in [1.807, 2.05) is 76.3 Å². The fourth-order valence-electron chi connectivity index (χ4n) is 7.27. The average Bonchev–Trinajstić information content (AvgIpc) is 3.75. The van der Waals surface area contributed by atoms with Gasteiger partial charge >= 0.3 is 0 Å². The number of benzene rings is 3. The number of piperidine rings is 2. The van der Waals surface area contributed by atoms with Crippen LogP contribution in [0.4, 0.5) is 5.82 Å². The number of hydrogen-bond donors (Lipinski definition) is 2. The van der Waals surface area contributed by atoms with Gasteiger partial charge in [0, 0.05) is 47.8 Å². The molecule has 3 aromatic carbocycles. The van der Waals surface area contributed by atoms with Gasteiger partial charge in [-0.15, -0.1) is 11.8 Å². The number of likely N-dealkylation sites (tertiary alicyclic amines) is 1. The minimum absolute atomic E-state index is 0.0167. The number of imide groups is 1. The molecule has 0 aliphatic carbocycles. The van der Waals surface area contributed by atoms with Crippen molar-refractivity contribution in [2.45, 2.75) is 49.2 Å². The molecule has 3 N–H and O–H groups in total. The monoisotopic (exact) mass is 746 g/mol. The third kappa shape index (κ3) is 7.11. The van der Waals surface area contributed by atoms with Gasteiger partial charge in [0.05, 0.1) is 18.0 Å². The van der Waals surface area contributed by atoms with Crippen LogP contribution < -0.4 is 15.8 Å². The summed E-state index contributed by atoms with van der Waals surface area (Å²) in [6, 6.07) is 22.2. The van der Waals surface area contributed by atoms with Crippen molar-refractivity contribution in [3.63, 3.8) is 0 Å². The quantitative estimate of drug-likeness (QED) is 0.110. The summed E-state index contributed by atoms with van der Waals surface area (Å²) in [5.41, 5.74) is 10.0. The van der Waals surface area contributed by atoms with Gasteiger partial charge in [-0.3, -0.25) is 24.5 Å². The average molecular weight is 747 g/mol. The van der Waals surface area contributed by atoms with E-state index in [-0.39, 0.29) is 36.8 Å². The van der Waals surface area contributed by atoms with Gasteiger partial charge in [-0.25, -0.2) is 14.6 Å². The second-order valence-electron chi connectivity index (χ2n) is 13.4. The fraction of sp³-hybridized carbons (Fsp3) is 0.308. The highest BCUT2D eigenvalue weighted by Gasteiger charge is 2.40. The lowest BCUT2D eigenvalue weighted by atomic mass is 10.0. The zero-order chi connectivity index (χ0) is 37.2.